The number of benzene rings is 1. The summed E-state index contributed by atoms with van der Waals surface area (Å²) in [4.78, 5) is 2.42. The Kier molecular flexibility index (Phi) is 8.54. The van der Waals surface area contributed by atoms with E-state index in [2.05, 4.69) is 36.1 Å². The molecule has 1 atom stereocenters. The van der Waals surface area contributed by atoms with E-state index in [1.54, 1.807) is 14.2 Å². The second kappa shape index (κ2) is 9.90. The minimum Gasteiger partial charge on any atom is -0.383 e. The summed E-state index contributed by atoms with van der Waals surface area (Å²) in [6.45, 7) is 6.00. The van der Waals surface area contributed by atoms with E-state index in [1.807, 2.05) is 6.07 Å². The van der Waals surface area contributed by atoms with Crippen molar-refractivity contribution in [3.8, 4) is 0 Å². The molecule has 21 heavy (non-hydrogen) atoms. The first-order valence-corrected chi connectivity index (χ1v) is 7.69. The first-order valence-electron chi connectivity index (χ1n) is 7.69. The summed E-state index contributed by atoms with van der Waals surface area (Å²) in [5.41, 5.74) is 7.47. The molecule has 0 fully saturated rings. The fourth-order valence-corrected chi connectivity index (χ4v) is 2.77. The number of nitrogens with two attached hydrogens (primary N) is 1. The molecule has 0 bridgehead atoms. The van der Waals surface area contributed by atoms with Crippen molar-refractivity contribution in [1.29, 1.82) is 0 Å². The Hall–Kier alpha value is -0.940. The summed E-state index contributed by atoms with van der Waals surface area (Å²) in [6, 6.07) is 10.6. The van der Waals surface area contributed by atoms with Crippen molar-refractivity contribution < 1.29 is 9.47 Å². The fourth-order valence-electron chi connectivity index (χ4n) is 2.77. The average Bonchev–Trinajstić information content (AvgIpc) is 2.54. The molecule has 0 aliphatic rings. The van der Waals surface area contributed by atoms with Gasteiger partial charge in [-0.2, -0.15) is 0 Å². The van der Waals surface area contributed by atoms with E-state index < -0.39 is 0 Å². The maximum Gasteiger partial charge on any atom is 0.0589 e. The van der Waals surface area contributed by atoms with Gasteiger partial charge in [-0.05, 0) is 18.4 Å². The SMILES string of the molecule is CCC(CN)(Cc1ccccc1)N(CCOC)CCOC. The van der Waals surface area contributed by atoms with E-state index in [-0.39, 0.29) is 5.54 Å². The van der Waals surface area contributed by atoms with Crippen molar-refractivity contribution in [1.82, 2.24) is 4.90 Å². The summed E-state index contributed by atoms with van der Waals surface area (Å²) in [5, 5.41) is 0. The molecule has 1 aromatic carbocycles. The molecule has 0 aliphatic heterocycles. The molecular formula is C17H30N2O2. The largest absolute Gasteiger partial charge is 0.383 e. The van der Waals surface area contributed by atoms with Gasteiger partial charge in [-0.1, -0.05) is 37.3 Å². The topological polar surface area (TPSA) is 47.7 Å². The van der Waals surface area contributed by atoms with Crippen molar-refractivity contribution in [3.63, 3.8) is 0 Å². The highest BCUT2D eigenvalue weighted by Crippen LogP contribution is 2.24. The molecule has 0 heterocycles. The summed E-state index contributed by atoms with van der Waals surface area (Å²) < 4.78 is 10.5. The van der Waals surface area contributed by atoms with E-state index in [4.69, 9.17) is 15.2 Å². The van der Waals surface area contributed by atoms with E-state index in [9.17, 15) is 0 Å². The van der Waals surface area contributed by atoms with Gasteiger partial charge < -0.3 is 15.2 Å². The van der Waals surface area contributed by atoms with Crippen LogP contribution in [0.2, 0.25) is 0 Å². The maximum absolute atomic E-state index is 6.19. The van der Waals surface area contributed by atoms with Crippen LogP contribution in [0.15, 0.2) is 30.3 Å². The molecule has 1 rings (SSSR count). The molecule has 4 heteroatoms. The van der Waals surface area contributed by atoms with Gasteiger partial charge in [0, 0.05) is 39.4 Å². The van der Waals surface area contributed by atoms with Crippen LogP contribution >= 0.6 is 0 Å². The third-order valence-electron chi connectivity index (χ3n) is 4.22. The average molecular weight is 294 g/mol. The van der Waals surface area contributed by atoms with Crippen molar-refractivity contribution in [3.05, 3.63) is 35.9 Å². The lowest BCUT2D eigenvalue weighted by molar-refractivity contribution is 0.0341. The summed E-state index contributed by atoms with van der Waals surface area (Å²) in [5.74, 6) is 0. The van der Waals surface area contributed by atoms with Crippen LogP contribution in [0.25, 0.3) is 0 Å². The van der Waals surface area contributed by atoms with E-state index in [0.717, 1.165) is 25.9 Å². The molecule has 0 spiro atoms. The zero-order chi connectivity index (χ0) is 15.6. The van der Waals surface area contributed by atoms with Crippen molar-refractivity contribution in [2.45, 2.75) is 25.3 Å². The summed E-state index contributed by atoms with van der Waals surface area (Å²) in [6.07, 6.45) is 1.96. The lowest BCUT2D eigenvalue weighted by atomic mass is 9.86. The molecule has 1 unspecified atom stereocenters. The van der Waals surface area contributed by atoms with E-state index >= 15 is 0 Å². The highest BCUT2D eigenvalue weighted by molar-refractivity contribution is 5.18. The van der Waals surface area contributed by atoms with Crippen molar-refractivity contribution >= 4 is 0 Å². The summed E-state index contributed by atoms with van der Waals surface area (Å²) in [7, 11) is 3.48. The second-order valence-electron chi connectivity index (χ2n) is 5.42. The molecule has 4 nitrogen and oxygen atoms in total. The maximum atomic E-state index is 6.19. The van der Waals surface area contributed by atoms with Crippen LogP contribution in [0.5, 0.6) is 0 Å². The lowest BCUT2D eigenvalue weighted by Gasteiger charge is -2.43. The van der Waals surface area contributed by atoms with Gasteiger partial charge in [0.15, 0.2) is 0 Å². The number of nitrogens with zero attached hydrogens (tertiary/aromatic N) is 1. The van der Waals surface area contributed by atoms with Gasteiger partial charge in [0.25, 0.3) is 0 Å². The Morgan fingerprint density at radius 3 is 2.05 bits per heavy atom. The molecule has 1 aromatic rings. The molecule has 0 aliphatic carbocycles. The minimum absolute atomic E-state index is 0.0432. The summed E-state index contributed by atoms with van der Waals surface area (Å²) >= 11 is 0. The van der Waals surface area contributed by atoms with E-state index in [0.29, 0.717) is 19.8 Å². The monoisotopic (exact) mass is 294 g/mol. The van der Waals surface area contributed by atoms with Gasteiger partial charge in [-0.15, -0.1) is 0 Å². The zero-order valence-corrected chi connectivity index (χ0v) is 13.7. The molecule has 0 amide bonds. The molecule has 120 valence electrons. The Balaban J connectivity index is 2.90. The molecular weight excluding hydrogens is 264 g/mol. The highest BCUT2D eigenvalue weighted by Gasteiger charge is 2.33. The standard InChI is InChI=1S/C17H30N2O2/c1-4-17(15-18,14-16-8-6-5-7-9-16)19(10-12-20-2)11-13-21-3/h5-9H,4,10-15,18H2,1-3H3. The Morgan fingerprint density at radius 2 is 1.62 bits per heavy atom. The van der Waals surface area contributed by atoms with Crippen LogP contribution in [-0.4, -0.2) is 57.5 Å². The smallest absolute Gasteiger partial charge is 0.0589 e. The van der Waals surface area contributed by atoms with Gasteiger partial charge >= 0.3 is 0 Å². The lowest BCUT2D eigenvalue weighted by Crippen LogP contribution is -2.57. The van der Waals surface area contributed by atoms with Crippen LogP contribution in [0.1, 0.15) is 18.9 Å². The van der Waals surface area contributed by atoms with Crippen molar-refractivity contribution in [2.24, 2.45) is 5.73 Å². The quantitative estimate of drug-likeness (QED) is 0.677. The fraction of sp³-hybridized carbons (Fsp3) is 0.647. The van der Waals surface area contributed by atoms with Gasteiger partial charge in [-0.3, -0.25) is 4.90 Å². The predicted molar refractivity (Wildman–Crippen MR) is 87.5 cm³/mol. The Morgan fingerprint density at radius 1 is 1.05 bits per heavy atom. The van der Waals surface area contributed by atoms with Crippen LogP contribution < -0.4 is 5.73 Å². The third-order valence-corrected chi connectivity index (χ3v) is 4.22. The van der Waals surface area contributed by atoms with Gasteiger partial charge in [-0.25, -0.2) is 0 Å². The molecule has 2 N–H and O–H groups in total. The normalized spacial score (nSPS) is 14.3. The van der Waals surface area contributed by atoms with Crippen LogP contribution in [-0.2, 0) is 15.9 Å². The molecule has 0 radical (unpaired) electrons. The highest BCUT2D eigenvalue weighted by atomic mass is 16.5. The van der Waals surface area contributed by atoms with Gasteiger partial charge in [0.2, 0.25) is 0 Å². The molecule has 0 aromatic heterocycles. The number of hydrogen-bond acceptors (Lipinski definition) is 4. The number of rotatable bonds is 11. The predicted octanol–water partition coefficient (Wildman–Crippen LogP) is 1.93. The van der Waals surface area contributed by atoms with E-state index in [1.165, 1.54) is 5.56 Å². The van der Waals surface area contributed by atoms with Gasteiger partial charge in [0.05, 0.1) is 13.2 Å². The number of ether oxygens (including phenoxy) is 2. The first kappa shape index (κ1) is 18.1. The van der Waals surface area contributed by atoms with Crippen LogP contribution in [0.3, 0.4) is 0 Å². The molecule has 0 saturated carbocycles. The Bertz CT molecular complexity index is 358. The third kappa shape index (κ3) is 5.40. The number of methoxy groups -OCH3 is 2. The molecule has 0 saturated heterocycles. The zero-order valence-electron chi connectivity index (χ0n) is 13.7. The van der Waals surface area contributed by atoms with Crippen LogP contribution in [0, 0.1) is 0 Å². The number of hydrogen-bond donors (Lipinski definition) is 1. The second-order valence-corrected chi connectivity index (χ2v) is 5.42. The Labute approximate surface area is 129 Å². The first-order chi connectivity index (χ1) is 10.2. The van der Waals surface area contributed by atoms with Crippen molar-refractivity contribution in [2.75, 3.05) is 47.1 Å². The minimum atomic E-state index is -0.0432. The van der Waals surface area contributed by atoms with Gasteiger partial charge in [0.1, 0.15) is 0 Å². The van der Waals surface area contributed by atoms with Crippen LogP contribution in [0.4, 0.5) is 0 Å².